The fraction of sp³-hybridized carbons (Fsp3) is 0.375. The SMILES string of the molecule is COc1cnc(F)c(C(F)(F)F)c1C(F)F. The summed E-state index contributed by atoms with van der Waals surface area (Å²) < 4.78 is 78.9. The van der Waals surface area contributed by atoms with Crippen LogP contribution in [0.25, 0.3) is 0 Å². The van der Waals surface area contributed by atoms with Gasteiger partial charge in [0, 0.05) is 0 Å². The van der Waals surface area contributed by atoms with Crippen molar-refractivity contribution in [2.45, 2.75) is 12.6 Å². The van der Waals surface area contributed by atoms with Gasteiger partial charge in [-0.1, -0.05) is 0 Å². The van der Waals surface area contributed by atoms with Gasteiger partial charge in [0.1, 0.15) is 11.3 Å². The molecule has 0 atom stereocenters. The minimum atomic E-state index is -5.25. The minimum Gasteiger partial charge on any atom is -0.495 e. The van der Waals surface area contributed by atoms with E-state index in [1.54, 1.807) is 0 Å². The predicted octanol–water partition coefficient (Wildman–Crippen LogP) is 3.19. The first kappa shape index (κ1) is 12.6. The summed E-state index contributed by atoms with van der Waals surface area (Å²) in [4.78, 5) is 2.71. The Bertz CT molecular complexity index is 389. The van der Waals surface area contributed by atoms with E-state index >= 15 is 0 Å². The number of aromatic nitrogens is 1. The largest absolute Gasteiger partial charge is 0.495 e. The summed E-state index contributed by atoms with van der Waals surface area (Å²) in [7, 11) is 0.890. The van der Waals surface area contributed by atoms with E-state index in [0.717, 1.165) is 7.11 Å². The molecule has 0 saturated heterocycles. The monoisotopic (exact) mass is 245 g/mol. The molecule has 0 N–H and O–H groups in total. The number of hydrogen-bond acceptors (Lipinski definition) is 2. The first-order chi connectivity index (χ1) is 7.29. The molecule has 2 nitrogen and oxygen atoms in total. The molecule has 0 unspecified atom stereocenters. The Labute approximate surface area is 85.9 Å². The van der Waals surface area contributed by atoms with E-state index in [-0.39, 0.29) is 0 Å². The number of hydrogen-bond donors (Lipinski definition) is 0. The number of nitrogens with zero attached hydrogens (tertiary/aromatic N) is 1. The fourth-order valence-electron chi connectivity index (χ4n) is 1.13. The maximum Gasteiger partial charge on any atom is 0.421 e. The molecule has 1 aromatic heterocycles. The van der Waals surface area contributed by atoms with Gasteiger partial charge >= 0.3 is 6.18 Å². The van der Waals surface area contributed by atoms with E-state index in [2.05, 4.69) is 9.72 Å². The predicted molar refractivity (Wildman–Crippen MR) is 40.7 cm³/mol. The standard InChI is InChI=1S/C8H5F6NO/c1-16-3-2-15-7(11)5(8(12,13)14)4(3)6(9)10/h2,6H,1H3. The van der Waals surface area contributed by atoms with Crippen LogP contribution in [-0.2, 0) is 6.18 Å². The van der Waals surface area contributed by atoms with Crippen LogP contribution in [-0.4, -0.2) is 12.1 Å². The van der Waals surface area contributed by atoms with Crippen molar-refractivity contribution >= 4 is 0 Å². The Morgan fingerprint density at radius 3 is 2.25 bits per heavy atom. The molecule has 0 saturated carbocycles. The maximum absolute atomic E-state index is 12.8. The van der Waals surface area contributed by atoms with Gasteiger partial charge in [-0.05, 0) is 0 Å². The molecule has 0 aromatic carbocycles. The van der Waals surface area contributed by atoms with Crippen LogP contribution in [0, 0.1) is 5.95 Å². The number of rotatable bonds is 2. The first-order valence-corrected chi connectivity index (χ1v) is 3.86. The topological polar surface area (TPSA) is 22.1 Å². The Kier molecular flexibility index (Phi) is 3.30. The lowest BCUT2D eigenvalue weighted by Crippen LogP contribution is -2.15. The average Bonchev–Trinajstić information content (AvgIpc) is 2.15. The van der Waals surface area contributed by atoms with Crippen molar-refractivity contribution in [3.05, 3.63) is 23.3 Å². The summed E-state index contributed by atoms with van der Waals surface area (Å²) in [5, 5.41) is 0. The van der Waals surface area contributed by atoms with Gasteiger partial charge in [0.25, 0.3) is 6.43 Å². The second kappa shape index (κ2) is 4.18. The number of ether oxygens (including phenoxy) is 1. The van der Waals surface area contributed by atoms with Crippen molar-refractivity contribution in [2.24, 2.45) is 0 Å². The van der Waals surface area contributed by atoms with E-state index in [0.29, 0.717) is 6.20 Å². The molecule has 0 aliphatic heterocycles. The molecule has 0 radical (unpaired) electrons. The van der Waals surface area contributed by atoms with Crippen LogP contribution >= 0.6 is 0 Å². The molecular weight excluding hydrogens is 240 g/mol. The summed E-state index contributed by atoms with van der Waals surface area (Å²) in [6.07, 6.45) is -8.28. The van der Waals surface area contributed by atoms with Crippen LogP contribution in [0.5, 0.6) is 5.75 Å². The van der Waals surface area contributed by atoms with Crippen molar-refractivity contribution < 1.29 is 31.1 Å². The molecule has 1 aromatic rings. The lowest BCUT2D eigenvalue weighted by atomic mass is 10.1. The summed E-state index contributed by atoms with van der Waals surface area (Å²) in [5.74, 6) is -2.80. The molecule has 0 fully saturated rings. The van der Waals surface area contributed by atoms with Gasteiger partial charge in [-0.15, -0.1) is 0 Å². The highest BCUT2D eigenvalue weighted by Gasteiger charge is 2.41. The fourth-order valence-corrected chi connectivity index (χ4v) is 1.13. The maximum atomic E-state index is 12.8. The number of halogens is 6. The van der Waals surface area contributed by atoms with Crippen molar-refractivity contribution in [1.29, 1.82) is 0 Å². The van der Waals surface area contributed by atoms with Crippen molar-refractivity contribution in [2.75, 3.05) is 7.11 Å². The molecule has 1 heterocycles. The Morgan fingerprint density at radius 1 is 1.31 bits per heavy atom. The number of methoxy groups -OCH3 is 1. The van der Waals surface area contributed by atoms with Gasteiger partial charge in [-0.3, -0.25) is 0 Å². The molecule has 1 rings (SSSR count). The van der Waals surface area contributed by atoms with Crippen molar-refractivity contribution in [3.8, 4) is 5.75 Å². The molecule has 0 aliphatic rings. The third-order valence-corrected chi connectivity index (χ3v) is 1.76. The summed E-state index contributed by atoms with van der Waals surface area (Å²) in [5.41, 5.74) is -3.63. The highest BCUT2D eigenvalue weighted by Crippen LogP contribution is 2.41. The van der Waals surface area contributed by atoms with Gasteiger partial charge in [0.2, 0.25) is 5.95 Å². The Morgan fingerprint density at radius 2 is 1.88 bits per heavy atom. The van der Waals surface area contributed by atoms with Crippen LogP contribution in [0.1, 0.15) is 17.6 Å². The molecule has 90 valence electrons. The van der Waals surface area contributed by atoms with E-state index in [1.165, 1.54) is 0 Å². The lowest BCUT2D eigenvalue weighted by molar-refractivity contribution is -0.142. The second-order valence-corrected chi connectivity index (χ2v) is 2.70. The summed E-state index contributed by atoms with van der Waals surface area (Å²) in [6, 6.07) is 0. The molecular formula is C8H5F6NO. The zero-order chi connectivity index (χ0) is 12.5. The van der Waals surface area contributed by atoms with E-state index in [9.17, 15) is 26.3 Å². The van der Waals surface area contributed by atoms with Crippen molar-refractivity contribution in [3.63, 3.8) is 0 Å². The van der Waals surface area contributed by atoms with Gasteiger partial charge in [0.15, 0.2) is 0 Å². The molecule has 0 bridgehead atoms. The van der Waals surface area contributed by atoms with Gasteiger partial charge < -0.3 is 4.74 Å². The number of alkyl halides is 5. The summed E-state index contributed by atoms with van der Waals surface area (Å²) in [6.45, 7) is 0. The van der Waals surface area contributed by atoms with Gasteiger partial charge in [-0.2, -0.15) is 17.6 Å². The van der Waals surface area contributed by atoms with Crippen LogP contribution < -0.4 is 4.74 Å². The Hall–Kier alpha value is -1.47. The molecule has 8 heteroatoms. The minimum absolute atomic E-state index is 0.478. The smallest absolute Gasteiger partial charge is 0.421 e. The molecule has 0 spiro atoms. The van der Waals surface area contributed by atoms with E-state index in [1.807, 2.05) is 0 Å². The molecule has 16 heavy (non-hydrogen) atoms. The normalized spacial score (nSPS) is 12.0. The summed E-state index contributed by atoms with van der Waals surface area (Å²) >= 11 is 0. The second-order valence-electron chi connectivity index (χ2n) is 2.70. The average molecular weight is 245 g/mol. The van der Waals surface area contributed by atoms with Crippen LogP contribution in [0.2, 0.25) is 0 Å². The van der Waals surface area contributed by atoms with E-state index in [4.69, 9.17) is 0 Å². The molecule has 0 amide bonds. The lowest BCUT2D eigenvalue weighted by Gasteiger charge is -2.15. The first-order valence-electron chi connectivity index (χ1n) is 3.86. The van der Waals surface area contributed by atoms with Crippen molar-refractivity contribution in [1.82, 2.24) is 4.98 Å². The third kappa shape index (κ3) is 2.20. The van der Waals surface area contributed by atoms with Crippen LogP contribution in [0.4, 0.5) is 26.3 Å². The van der Waals surface area contributed by atoms with Gasteiger partial charge in [0.05, 0.1) is 18.9 Å². The van der Waals surface area contributed by atoms with Crippen LogP contribution in [0.15, 0.2) is 6.20 Å². The third-order valence-electron chi connectivity index (χ3n) is 1.76. The highest BCUT2D eigenvalue weighted by atomic mass is 19.4. The van der Waals surface area contributed by atoms with E-state index < -0.39 is 35.4 Å². The molecule has 0 aliphatic carbocycles. The zero-order valence-corrected chi connectivity index (χ0v) is 7.78. The van der Waals surface area contributed by atoms with Crippen LogP contribution in [0.3, 0.4) is 0 Å². The highest BCUT2D eigenvalue weighted by molar-refractivity contribution is 5.40. The Balaban J connectivity index is 3.55. The van der Waals surface area contributed by atoms with Gasteiger partial charge in [-0.25, -0.2) is 13.8 Å². The number of pyridine rings is 1. The quantitative estimate of drug-likeness (QED) is 0.589. The zero-order valence-electron chi connectivity index (χ0n) is 7.78.